The minimum Gasteiger partial charge on any atom is -0.357 e. The second-order valence-electron chi connectivity index (χ2n) is 6.61. The number of nitrogens with zero attached hydrogens (tertiary/aromatic N) is 5. The number of carbonyl (C=O) groups is 1. The highest BCUT2D eigenvalue weighted by Gasteiger charge is 2.17. The molecule has 2 heterocycles. The molecular formula is C18H32IN7O. The van der Waals surface area contributed by atoms with Crippen molar-refractivity contribution >= 4 is 41.7 Å². The molecule has 8 nitrogen and oxygen atoms in total. The van der Waals surface area contributed by atoms with Crippen molar-refractivity contribution < 1.29 is 4.79 Å². The van der Waals surface area contributed by atoms with Gasteiger partial charge in [0.05, 0.1) is 13.1 Å². The van der Waals surface area contributed by atoms with E-state index in [4.69, 9.17) is 0 Å². The Morgan fingerprint density at radius 3 is 2.59 bits per heavy atom. The standard InChI is InChI=1S/C18H31N7O.HI/c1-5-19-18(22-14-16(26)23(2)3)21-13-15-7-6-8-20-17(15)25-11-9-24(4)10-12-25;/h6-8H,5,9-14H2,1-4H3,(H2,19,21,22);1H. The number of guanidine groups is 1. The molecule has 0 spiro atoms. The van der Waals surface area contributed by atoms with E-state index in [0.29, 0.717) is 12.5 Å². The molecule has 1 aliphatic rings. The third-order valence-corrected chi connectivity index (χ3v) is 4.33. The van der Waals surface area contributed by atoms with Gasteiger partial charge in [-0.2, -0.15) is 0 Å². The molecule has 2 rings (SSSR count). The molecule has 0 bridgehead atoms. The van der Waals surface area contributed by atoms with Crippen LogP contribution in [0.3, 0.4) is 0 Å². The van der Waals surface area contributed by atoms with Gasteiger partial charge in [0.15, 0.2) is 5.96 Å². The molecular weight excluding hydrogens is 457 g/mol. The third-order valence-electron chi connectivity index (χ3n) is 4.33. The zero-order chi connectivity index (χ0) is 18.9. The smallest absolute Gasteiger partial charge is 0.241 e. The van der Waals surface area contributed by atoms with E-state index in [1.807, 2.05) is 19.2 Å². The van der Waals surface area contributed by atoms with Crippen molar-refractivity contribution in [3.8, 4) is 0 Å². The van der Waals surface area contributed by atoms with Crippen molar-refractivity contribution in [3.05, 3.63) is 23.9 Å². The number of anilines is 1. The van der Waals surface area contributed by atoms with Crippen molar-refractivity contribution in [2.24, 2.45) is 4.99 Å². The van der Waals surface area contributed by atoms with Gasteiger partial charge in [-0.3, -0.25) is 4.79 Å². The molecule has 0 aromatic carbocycles. The zero-order valence-electron chi connectivity index (χ0n) is 16.7. The van der Waals surface area contributed by atoms with Crippen LogP contribution < -0.4 is 15.5 Å². The Balaban J connectivity index is 0.00000364. The molecule has 0 unspecified atom stereocenters. The van der Waals surface area contributed by atoms with Crippen molar-refractivity contribution in [1.29, 1.82) is 0 Å². The van der Waals surface area contributed by atoms with Crippen LogP contribution in [0.2, 0.25) is 0 Å². The quantitative estimate of drug-likeness (QED) is 0.346. The molecule has 1 fully saturated rings. The van der Waals surface area contributed by atoms with Gasteiger partial charge in [0.25, 0.3) is 0 Å². The molecule has 0 radical (unpaired) electrons. The Labute approximate surface area is 179 Å². The van der Waals surface area contributed by atoms with E-state index in [9.17, 15) is 4.79 Å². The average molecular weight is 489 g/mol. The summed E-state index contributed by atoms with van der Waals surface area (Å²) in [4.78, 5) is 27.2. The molecule has 1 saturated heterocycles. The Hall–Kier alpha value is -1.62. The van der Waals surface area contributed by atoms with Crippen LogP contribution in [0.25, 0.3) is 0 Å². The summed E-state index contributed by atoms with van der Waals surface area (Å²) in [5.74, 6) is 1.65. The maximum atomic E-state index is 11.8. The first-order chi connectivity index (χ1) is 12.5. The normalized spacial score (nSPS) is 15.1. The lowest BCUT2D eigenvalue weighted by Gasteiger charge is -2.34. The van der Waals surface area contributed by atoms with Crippen LogP contribution in [-0.2, 0) is 11.3 Å². The van der Waals surface area contributed by atoms with Gasteiger partial charge < -0.3 is 25.3 Å². The van der Waals surface area contributed by atoms with Crippen LogP contribution in [0.5, 0.6) is 0 Å². The first kappa shape index (κ1) is 23.4. The monoisotopic (exact) mass is 489 g/mol. The van der Waals surface area contributed by atoms with Crippen LogP contribution in [-0.4, -0.2) is 87.1 Å². The largest absolute Gasteiger partial charge is 0.357 e. The van der Waals surface area contributed by atoms with Gasteiger partial charge in [-0.15, -0.1) is 24.0 Å². The van der Waals surface area contributed by atoms with Crippen molar-refractivity contribution in [2.45, 2.75) is 13.5 Å². The molecule has 9 heteroatoms. The number of aliphatic imine (C=N–C) groups is 1. The molecule has 27 heavy (non-hydrogen) atoms. The SMILES string of the molecule is CCNC(=NCc1cccnc1N1CCN(C)CC1)NCC(=O)N(C)C.I. The first-order valence-electron chi connectivity index (χ1n) is 9.11. The molecule has 0 aliphatic carbocycles. The predicted octanol–water partition coefficient (Wildman–Crippen LogP) is 0.595. The number of nitrogens with one attached hydrogen (secondary N) is 2. The van der Waals surface area contributed by atoms with Crippen molar-refractivity contribution in [3.63, 3.8) is 0 Å². The maximum Gasteiger partial charge on any atom is 0.241 e. The van der Waals surface area contributed by atoms with Gasteiger partial charge in [0.2, 0.25) is 5.91 Å². The van der Waals surface area contributed by atoms with E-state index in [-0.39, 0.29) is 36.4 Å². The van der Waals surface area contributed by atoms with Crippen LogP contribution in [0.15, 0.2) is 23.3 Å². The van der Waals surface area contributed by atoms with Crippen LogP contribution in [0.1, 0.15) is 12.5 Å². The number of pyridine rings is 1. The number of amides is 1. The Bertz CT molecular complexity index is 615. The highest BCUT2D eigenvalue weighted by Crippen LogP contribution is 2.19. The molecule has 1 aromatic heterocycles. The predicted molar refractivity (Wildman–Crippen MR) is 121 cm³/mol. The topological polar surface area (TPSA) is 76.1 Å². The fraction of sp³-hybridized carbons (Fsp3) is 0.611. The number of hydrogen-bond acceptors (Lipinski definition) is 5. The molecule has 2 N–H and O–H groups in total. The fourth-order valence-electron chi connectivity index (χ4n) is 2.68. The second kappa shape index (κ2) is 12.0. The summed E-state index contributed by atoms with van der Waals surface area (Å²) < 4.78 is 0. The average Bonchev–Trinajstić information content (AvgIpc) is 2.64. The Morgan fingerprint density at radius 1 is 1.26 bits per heavy atom. The molecule has 1 aliphatic heterocycles. The van der Waals surface area contributed by atoms with Crippen LogP contribution in [0.4, 0.5) is 5.82 Å². The van der Waals surface area contributed by atoms with Crippen LogP contribution in [0, 0.1) is 0 Å². The number of piperazine rings is 1. The summed E-state index contributed by atoms with van der Waals surface area (Å²) in [7, 11) is 5.63. The van der Waals surface area contributed by atoms with Gasteiger partial charge in [-0.1, -0.05) is 6.07 Å². The number of likely N-dealkylation sites (N-methyl/N-ethyl adjacent to an activating group) is 2. The van der Waals surface area contributed by atoms with E-state index >= 15 is 0 Å². The van der Waals surface area contributed by atoms with Crippen molar-refractivity contribution in [1.82, 2.24) is 25.4 Å². The summed E-state index contributed by atoms with van der Waals surface area (Å²) in [5.41, 5.74) is 1.09. The third kappa shape index (κ3) is 7.49. The van der Waals surface area contributed by atoms with E-state index < -0.39 is 0 Å². The Morgan fingerprint density at radius 2 is 1.96 bits per heavy atom. The van der Waals surface area contributed by atoms with Crippen molar-refractivity contribution in [2.75, 3.05) is 65.3 Å². The summed E-state index contributed by atoms with van der Waals surface area (Å²) in [6, 6.07) is 4.01. The molecule has 1 amide bonds. The van der Waals surface area contributed by atoms with Gasteiger partial charge in [-0.25, -0.2) is 9.98 Å². The first-order valence-corrected chi connectivity index (χ1v) is 9.11. The number of carbonyl (C=O) groups excluding carboxylic acids is 1. The zero-order valence-corrected chi connectivity index (χ0v) is 19.1. The van der Waals surface area contributed by atoms with E-state index in [1.54, 1.807) is 19.0 Å². The second-order valence-corrected chi connectivity index (χ2v) is 6.61. The lowest BCUT2D eigenvalue weighted by atomic mass is 10.2. The molecule has 0 saturated carbocycles. The Kier molecular flexibility index (Phi) is 10.4. The molecule has 152 valence electrons. The fourth-order valence-corrected chi connectivity index (χ4v) is 2.68. The van der Waals surface area contributed by atoms with Gasteiger partial charge in [0, 0.05) is 58.6 Å². The summed E-state index contributed by atoms with van der Waals surface area (Å²) in [6.45, 7) is 7.50. The summed E-state index contributed by atoms with van der Waals surface area (Å²) in [5, 5.41) is 6.26. The lowest BCUT2D eigenvalue weighted by molar-refractivity contribution is -0.127. The number of hydrogen-bond donors (Lipinski definition) is 2. The van der Waals surface area contributed by atoms with E-state index in [2.05, 4.69) is 43.5 Å². The van der Waals surface area contributed by atoms with Gasteiger partial charge in [0.1, 0.15) is 5.82 Å². The van der Waals surface area contributed by atoms with Gasteiger partial charge in [-0.05, 0) is 20.0 Å². The minimum atomic E-state index is 0. The highest BCUT2D eigenvalue weighted by molar-refractivity contribution is 14.0. The summed E-state index contributed by atoms with van der Waals surface area (Å²) in [6.07, 6.45) is 1.83. The highest BCUT2D eigenvalue weighted by atomic mass is 127. The van der Waals surface area contributed by atoms with E-state index in [0.717, 1.165) is 44.1 Å². The minimum absolute atomic E-state index is 0. The summed E-state index contributed by atoms with van der Waals surface area (Å²) >= 11 is 0. The number of halogens is 1. The number of aromatic nitrogens is 1. The maximum absolute atomic E-state index is 11.8. The molecule has 0 atom stereocenters. The van der Waals surface area contributed by atoms with Gasteiger partial charge >= 0.3 is 0 Å². The van der Waals surface area contributed by atoms with Crippen LogP contribution >= 0.6 is 24.0 Å². The lowest BCUT2D eigenvalue weighted by Crippen LogP contribution is -2.45. The number of rotatable bonds is 6. The molecule has 1 aromatic rings. The van der Waals surface area contributed by atoms with E-state index in [1.165, 1.54) is 0 Å².